The summed E-state index contributed by atoms with van der Waals surface area (Å²) in [5.41, 5.74) is 6.19. The summed E-state index contributed by atoms with van der Waals surface area (Å²) in [6, 6.07) is 13.1. The zero-order valence-corrected chi connectivity index (χ0v) is 44.8. The number of ether oxygens (including phenoxy) is 3. The lowest BCUT2D eigenvalue weighted by Gasteiger charge is -2.21. The SMILES string of the molecule is CCCCCCCCOc1cnc(-c2ccc(Oc3ccc(-c4ncc(OCCCCCCCC)cn4)cc3CCCC(CCCC)[SiH](C)C)c(CCCC(CCCC)[SiH](C)C)c2)nc1. The summed E-state index contributed by atoms with van der Waals surface area (Å²) < 4.78 is 19.1. The third-order valence-corrected chi connectivity index (χ3v) is 18.5. The van der Waals surface area contributed by atoms with Crippen LogP contribution < -0.4 is 14.2 Å². The summed E-state index contributed by atoms with van der Waals surface area (Å²) in [6.45, 7) is 20.7. The maximum Gasteiger partial charge on any atom is 0.159 e. The normalized spacial score (nSPS) is 12.5. The highest BCUT2D eigenvalue weighted by Gasteiger charge is 2.19. The summed E-state index contributed by atoms with van der Waals surface area (Å²) in [7, 11) is -1.51. The Morgan fingerprint density at radius 1 is 0.431 bits per heavy atom. The summed E-state index contributed by atoms with van der Waals surface area (Å²) in [6.07, 6.45) is 36.9. The van der Waals surface area contributed by atoms with Crippen LogP contribution in [0, 0.1) is 0 Å². The summed E-state index contributed by atoms with van der Waals surface area (Å²) in [5.74, 6) is 4.75. The molecule has 0 fully saturated rings. The van der Waals surface area contributed by atoms with Gasteiger partial charge in [0.25, 0.3) is 0 Å². The number of hydrogen-bond acceptors (Lipinski definition) is 7. The molecule has 0 aliphatic carbocycles. The molecular weight excluding hydrogens is 833 g/mol. The van der Waals surface area contributed by atoms with Crippen LogP contribution in [0.3, 0.4) is 0 Å². The predicted molar refractivity (Wildman–Crippen MR) is 283 cm³/mol. The number of aromatic nitrogens is 4. The van der Waals surface area contributed by atoms with E-state index < -0.39 is 17.6 Å². The molecule has 2 unspecified atom stereocenters. The Bertz CT molecular complexity index is 1710. The molecule has 0 amide bonds. The number of aryl methyl sites for hydroxylation is 2. The molecule has 2 aromatic heterocycles. The van der Waals surface area contributed by atoms with E-state index in [4.69, 9.17) is 34.1 Å². The van der Waals surface area contributed by atoms with Gasteiger partial charge in [-0.15, -0.1) is 0 Å². The van der Waals surface area contributed by atoms with Crippen molar-refractivity contribution in [1.29, 1.82) is 0 Å². The van der Waals surface area contributed by atoms with Gasteiger partial charge in [-0.25, -0.2) is 19.9 Å². The van der Waals surface area contributed by atoms with Gasteiger partial charge in [0.2, 0.25) is 0 Å². The lowest BCUT2D eigenvalue weighted by Crippen LogP contribution is -2.12. The lowest BCUT2D eigenvalue weighted by molar-refractivity contribution is 0.302. The van der Waals surface area contributed by atoms with Crippen LogP contribution in [0.4, 0.5) is 0 Å². The zero-order chi connectivity index (χ0) is 46.5. The molecular formula is C56H90N4O3Si2. The fraction of sp³-hybridized carbons (Fsp3) is 0.643. The second-order valence-electron chi connectivity index (χ2n) is 19.5. The van der Waals surface area contributed by atoms with Crippen molar-refractivity contribution in [1.82, 2.24) is 19.9 Å². The second kappa shape index (κ2) is 32.2. The first kappa shape index (κ1) is 54.0. The van der Waals surface area contributed by atoms with Crippen LogP contribution in [0.15, 0.2) is 61.2 Å². The molecule has 7 nitrogen and oxygen atoms in total. The first-order valence-electron chi connectivity index (χ1n) is 26.6. The number of benzene rings is 2. The zero-order valence-electron chi connectivity index (χ0n) is 42.5. The summed E-state index contributed by atoms with van der Waals surface area (Å²) in [5, 5.41) is 0. The van der Waals surface area contributed by atoms with E-state index in [-0.39, 0.29) is 0 Å². The number of unbranched alkanes of at least 4 members (excludes halogenated alkanes) is 12. The molecule has 0 radical (unpaired) electrons. The monoisotopic (exact) mass is 923 g/mol. The number of hydrogen-bond donors (Lipinski definition) is 0. The van der Waals surface area contributed by atoms with E-state index in [1.807, 2.05) is 24.8 Å². The highest BCUT2D eigenvalue weighted by Crippen LogP contribution is 2.36. The van der Waals surface area contributed by atoms with E-state index in [2.05, 4.69) is 90.3 Å². The standard InChI is InChI=1S/C56H90N4O3Si2/c1-9-13-17-19-21-23-37-61-49-41-57-55(58-42-49)47-33-35-53(45(39-47)27-25-31-51(64(5)6)29-15-11-3)63-54-36-34-48(40-46(54)28-26-32-52(65(7)8)30-16-12-4)56-59-43-50(44-60-56)62-38-24-22-20-18-14-10-2/h33-36,39-44,51-52,64-65H,9-32,37-38H2,1-8H3. The van der Waals surface area contributed by atoms with Gasteiger partial charge in [-0.1, -0.05) is 169 Å². The van der Waals surface area contributed by atoms with Crippen LogP contribution in [-0.2, 0) is 12.8 Å². The van der Waals surface area contributed by atoms with E-state index in [1.165, 1.54) is 127 Å². The first-order chi connectivity index (χ1) is 31.8. The van der Waals surface area contributed by atoms with Crippen molar-refractivity contribution in [2.45, 2.75) is 219 Å². The van der Waals surface area contributed by atoms with Crippen LogP contribution in [0.1, 0.15) is 180 Å². The maximum atomic E-state index is 7.07. The van der Waals surface area contributed by atoms with Gasteiger partial charge in [-0.2, -0.15) is 0 Å². The average molecular weight is 924 g/mol. The van der Waals surface area contributed by atoms with Crippen molar-refractivity contribution in [3.63, 3.8) is 0 Å². The summed E-state index contributed by atoms with van der Waals surface area (Å²) >= 11 is 0. The topological polar surface area (TPSA) is 79.2 Å². The van der Waals surface area contributed by atoms with Gasteiger partial charge >= 0.3 is 0 Å². The molecule has 0 saturated heterocycles. The first-order valence-corrected chi connectivity index (χ1v) is 32.5. The number of rotatable bonds is 36. The Morgan fingerprint density at radius 3 is 1.15 bits per heavy atom. The van der Waals surface area contributed by atoms with Gasteiger partial charge in [-0.05, 0) is 97.1 Å². The van der Waals surface area contributed by atoms with Crippen LogP contribution in [0.2, 0.25) is 37.3 Å². The largest absolute Gasteiger partial charge is 0.490 e. The molecule has 0 spiro atoms. The van der Waals surface area contributed by atoms with Crippen LogP contribution in [0.5, 0.6) is 23.0 Å². The Labute approximate surface area is 400 Å². The molecule has 0 N–H and O–H groups in total. The quantitative estimate of drug-likeness (QED) is 0.0332. The molecule has 9 heteroatoms. The van der Waals surface area contributed by atoms with Crippen molar-refractivity contribution in [3.8, 4) is 45.8 Å². The molecule has 2 atom stereocenters. The minimum atomic E-state index is -0.756. The Hall–Kier alpha value is -3.57. The van der Waals surface area contributed by atoms with Gasteiger partial charge < -0.3 is 14.2 Å². The van der Waals surface area contributed by atoms with Crippen molar-refractivity contribution >= 4 is 17.6 Å². The van der Waals surface area contributed by atoms with Gasteiger partial charge in [0, 0.05) is 28.7 Å². The van der Waals surface area contributed by atoms with E-state index in [0.29, 0.717) is 13.2 Å². The highest BCUT2D eigenvalue weighted by atomic mass is 28.3. The fourth-order valence-corrected chi connectivity index (χ4v) is 12.6. The molecule has 360 valence electrons. The Balaban J connectivity index is 1.57. The maximum absolute atomic E-state index is 7.07. The minimum absolute atomic E-state index is 0.707. The van der Waals surface area contributed by atoms with Crippen molar-refractivity contribution in [3.05, 3.63) is 72.3 Å². The Morgan fingerprint density at radius 2 is 0.785 bits per heavy atom. The molecule has 0 saturated carbocycles. The highest BCUT2D eigenvalue weighted by molar-refractivity contribution is 6.57. The van der Waals surface area contributed by atoms with Gasteiger partial charge in [0.1, 0.15) is 11.5 Å². The van der Waals surface area contributed by atoms with Crippen LogP contribution >= 0.6 is 0 Å². The average Bonchev–Trinajstić information content (AvgIpc) is 3.31. The van der Waals surface area contributed by atoms with Crippen LogP contribution in [-0.4, -0.2) is 50.7 Å². The van der Waals surface area contributed by atoms with Crippen molar-refractivity contribution in [2.24, 2.45) is 0 Å². The van der Waals surface area contributed by atoms with E-state index in [0.717, 1.165) is 95.4 Å². The van der Waals surface area contributed by atoms with E-state index in [1.54, 1.807) is 0 Å². The summed E-state index contributed by atoms with van der Waals surface area (Å²) in [4.78, 5) is 19.2. The molecule has 65 heavy (non-hydrogen) atoms. The molecule has 2 heterocycles. The molecule has 0 aliphatic heterocycles. The van der Waals surface area contributed by atoms with Gasteiger partial charge in [0.15, 0.2) is 23.1 Å². The lowest BCUT2D eigenvalue weighted by atomic mass is 10.00. The second-order valence-corrected chi connectivity index (χ2v) is 26.4. The Kier molecular flexibility index (Phi) is 26.8. The van der Waals surface area contributed by atoms with Crippen molar-refractivity contribution in [2.75, 3.05) is 13.2 Å². The van der Waals surface area contributed by atoms with Crippen LogP contribution in [0.25, 0.3) is 22.8 Å². The number of nitrogens with zero attached hydrogens (tertiary/aromatic N) is 4. The smallest absolute Gasteiger partial charge is 0.159 e. The molecule has 4 rings (SSSR count). The molecule has 0 bridgehead atoms. The fourth-order valence-electron chi connectivity index (χ4n) is 9.03. The molecule has 0 aliphatic rings. The van der Waals surface area contributed by atoms with Gasteiger partial charge in [0.05, 0.1) is 38.0 Å². The molecule has 2 aromatic carbocycles. The van der Waals surface area contributed by atoms with Gasteiger partial charge in [-0.3, -0.25) is 0 Å². The third kappa shape index (κ3) is 20.5. The molecule has 4 aromatic rings. The van der Waals surface area contributed by atoms with E-state index >= 15 is 0 Å². The third-order valence-electron chi connectivity index (χ3n) is 13.4. The predicted octanol–water partition coefficient (Wildman–Crippen LogP) is 16.6. The minimum Gasteiger partial charge on any atom is -0.490 e. The van der Waals surface area contributed by atoms with Crippen molar-refractivity contribution < 1.29 is 14.2 Å². The van der Waals surface area contributed by atoms with E-state index in [9.17, 15) is 0 Å².